The summed E-state index contributed by atoms with van der Waals surface area (Å²) in [7, 11) is 0. The minimum Gasteiger partial charge on any atom is -0.478 e. The number of carboxylic acid groups (broad SMARTS) is 1. The van der Waals surface area contributed by atoms with Crippen LogP contribution in [0.5, 0.6) is 0 Å². The zero-order valence-corrected chi connectivity index (χ0v) is 12.3. The highest BCUT2D eigenvalue weighted by atomic mass is 32.1. The maximum atomic E-state index is 11.2. The second kappa shape index (κ2) is 4.90. The lowest BCUT2D eigenvalue weighted by Gasteiger charge is -2.34. The number of thiophene rings is 1. The zero-order valence-electron chi connectivity index (χ0n) is 11.5. The van der Waals surface area contributed by atoms with E-state index in [0.717, 1.165) is 24.5 Å². The summed E-state index contributed by atoms with van der Waals surface area (Å²) in [4.78, 5) is 19.3. The number of hydrogen-bond donors (Lipinski definition) is 1. The smallest absolute Gasteiger partial charge is 0.335 e. The molecule has 0 aromatic carbocycles. The predicted octanol–water partition coefficient (Wildman–Crippen LogP) is 3.27. The first kappa shape index (κ1) is 13.1. The molecule has 0 radical (unpaired) electrons. The number of nitrogens with zero attached hydrogens (tertiary/aromatic N) is 2. The van der Waals surface area contributed by atoms with Gasteiger partial charge in [0.15, 0.2) is 0 Å². The largest absolute Gasteiger partial charge is 0.478 e. The lowest BCUT2D eigenvalue weighted by Crippen LogP contribution is -2.34. The van der Waals surface area contributed by atoms with Crippen LogP contribution in [-0.2, 0) is 6.42 Å². The highest BCUT2D eigenvalue weighted by Crippen LogP contribution is 2.35. The van der Waals surface area contributed by atoms with Gasteiger partial charge in [-0.2, -0.15) is 0 Å². The molecule has 1 aliphatic heterocycles. The van der Waals surface area contributed by atoms with Crippen molar-refractivity contribution in [3.63, 3.8) is 0 Å². The summed E-state index contributed by atoms with van der Waals surface area (Å²) in [5.74, 6) is -0.149. The Morgan fingerprint density at radius 3 is 3.05 bits per heavy atom. The van der Waals surface area contributed by atoms with Crippen molar-refractivity contribution in [2.24, 2.45) is 0 Å². The van der Waals surface area contributed by atoms with Crippen LogP contribution in [-0.4, -0.2) is 22.6 Å². The molecule has 2 aromatic heterocycles. The van der Waals surface area contributed by atoms with Gasteiger partial charge in [-0.3, -0.25) is 0 Å². The number of fused-ring (bicyclic) bond motifs is 1. The quantitative estimate of drug-likeness (QED) is 0.921. The molecule has 0 fully saturated rings. The Bertz CT molecular complexity index is 666. The van der Waals surface area contributed by atoms with Crippen LogP contribution in [0, 0.1) is 6.92 Å². The van der Waals surface area contributed by atoms with E-state index >= 15 is 0 Å². The maximum absolute atomic E-state index is 11.2. The van der Waals surface area contributed by atoms with Gasteiger partial charge < -0.3 is 10.0 Å². The van der Waals surface area contributed by atoms with Crippen molar-refractivity contribution in [2.75, 3.05) is 11.4 Å². The average Bonchev–Trinajstić information content (AvgIpc) is 2.87. The van der Waals surface area contributed by atoms with Crippen LogP contribution >= 0.6 is 11.3 Å². The van der Waals surface area contributed by atoms with Gasteiger partial charge in [-0.15, -0.1) is 11.3 Å². The molecule has 1 aliphatic rings. The molecule has 1 atom stereocenters. The Morgan fingerprint density at radius 2 is 2.30 bits per heavy atom. The van der Waals surface area contributed by atoms with Gasteiger partial charge in [0.1, 0.15) is 5.82 Å². The SMILES string of the molecule is Cc1cc(C(=O)O)cc(N2CCc3sccc3C2C)n1. The van der Waals surface area contributed by atoms with Crippen molar-refractivity contribution in [1.29, 1.82) is 0 Å². The summed E-state index contributed by atoms with van der Waals surface area (Å²) in [5.41, 5.74) is 2.38. The molecule has 0 saturated heterocycles. The number of carboxylic acids is 1. The molecule has 0 aliphatic carbocycles. The Morgan fingerprint density at radius 1 is 1.50 bits per heavy atom. The number of hydrogen-bond acceptors (Lipinski definition) is 4. The number of carbonyl (C=O) groups is 1. The molecule has 104 valence electrons. The van der Waals surface area contributed by atoms with E-state index in [1.807, 2.05) is 6.92 Å². The fourth-order valence-electron chi connectivity index (χ4n) is 2.74. The van der Waals surface area contributed by atoms with Gasteiger partial charge in [0.2, 0.25) is 0 Å². The third kappa shape index (κ3) is 2.18. The Kier molecular flexibility index (Phi) is 3.22. The van der Waals surface area contributed by atoms with Crippen LogP contribution in [0.15, 0.2) is 23.6 Å². The topological polar surface area (TPSA) is 53.4 Å². The number of anilines is 1. The third-order valence-electron chi connectivity index (χ3n) is 3.76. The van der Waals surface area contributed by atoms with Crippen LogP contribution in [0.1, 0.15) is 39.5 Å². The van der Waals surface area contributed by atoms with Gasteiger partial charge in [-0.05, 0) is 49.4 Å². The minimum absolute atomic E-state index is 0.237. The molecule has 2 aromatic rings. The van der Waals surface area contributed by atoms with Crippen LogP contribution in [0.25, 0.3) is 0 Å². The molecule has 1 N–H and O–H groups in total. The summed E-state index contributed by atoms with van der Waals surface area (Å²) in [6.45, 7) is 4.86. The lowest BCUT2D eigenvalue weighted by atomic mass is 10.0. The molecule has 20 heavy (non-hydrogen) atoms. The zero-order chi connectivity index (χ0) is 14.3. The maximum Gasteiger partial charge on any atom is 0.335 e. The predicted molar refractivity (Wildman–Crippen MR) is 79.7 cm³/mol. The van der Waals surface area contributed by atoms with Gasteiger partial charge in [-0.1, -0.05) is 0 Å². The first-order valence-electron chi connectivity index (χ1n) is 6.61. The van der Waals surface area contributed by atoms with Crippen LogP contribution < -0.4 is 4.90 Å². The number of aromatic carboxylic acids is 1. The van der Waals surface area contributed by atoms with E-state index in [-0.39, 0.29) is 6.04 Å². The van der Waals surface area contributed by atoms with E-state index in [1.165, 1.54) is 10.4 Å². The normalized spacial score (nSPS) is 17.9. The summed E-state index contributed by atoms with van der Waals surface area (Å²) >= 11 is 1.80. The fourth-order valence-corrected chi connectivity index (χ4v) is 3.71. The molecule has 4 nitrogen and oxygen atoms in total. The van der Waals surface area contributed by atoms with E-state index in [0.29, 0.717) is 5.56 Å². The minimum atomic E-state index is -0.905. The third-order valence-corrected chi connectivity index (χ3v) is 4.75. The summed E-state index contributed by atoms with van der Waals surface area (Å²) < 4.78 is 0. The molecule has 3 heterocycles. The highest BCUT2D eigenvalue weighted by molar-refractivity contribution is 7.10. The second-order valence-electron chi connectivity index (χ2n) is 5.08. The lowest BCUT2D eigenvalue weighted by molar-refractivity contribution is 0.0696. The van der Waals surface area contributed by atoms with Gasteiger partial charge in [-0.25, -0.2) is 9.78 Å². The Hall–Kier alpha value is -1.88. The van der Waals surface area contributed by atoms with E-state index in [9.17, 15) is 9.90 Å². The van der Waals surface area contributed by atoms with Crippen molar-refractivity contribution >= 4 is 23.1 Å². The van der Waals surface area contributed by atoms with Crippen molar-refractivity contribution in [1.82, 2.24) is 4.98 Å². The van der Waals surface area contributed by atoms with Crippen LogP contribution in [0.3, 0.4) is 0 Å². The number of rotatable bonds is 2. The first-order valence-corrected chi connectivity index (χ1v) is 7.49. The van der Waals surface area contributed by atoms with Crippen molar-refractivity contribution < 1.29 is 9.90 Å². The monoisotopic (exact) mass is 288 g/mol. The van der Waals surface area contributed by atoms with Gasteiger partial charge >= 0.3 is 5.97 Å². The molecule has 0 saturated carbocycles. The number of aromatic nitrogens is 1. The van der Waals surface area contributed by atoms with Crippen molar-refractivity contribution in [3.8, 4) is 0 Å². The second-order valence-corrected chi connectivity index (χ2v) is 6.08. The molecule has 0 amide bonds. The van der Waals surface area contributed by atoms with E-state index < -0.39 is 5.97 Å². The van der Waals surface area contributed by atoms with Crippen molar-refractivity contribution in [3.05, 3.63) is 45.3 Å². The molecule has 3 rings (SSSR count). The number of aryl methyl sites for hydroxylation is 1. The molecular formula is C15H16N2O2S. The fraction of sp³-hybridized carbons (Fsp3) is 0.333. The van der Waals surface area contributed by atoms with Crippen LogP contribution in [0.4, 0.5) is 5.82 Å². The highest BCUT2D eigenvalue weighted by Gasteiger charge is 2.26. The Balaban J connectivity index is 2.00. The Labute approximate surface area is 121 Å². The summed E-state index contributed by atoms with van der Waals surface area (Å²) in [6.07, 6.45) is 0.995. The van der Waals surface area contributed by atoms with Crippen molar-refractivity contribution in [2.45, 2.75) is 26.3 Å². The van der Waals surface area contributed by atoms with Gasteiger partial charge in [0.05, 0.1) is 11.6 Å². The van der Waals surface area contributed by atoms with Gasteiger partial charge in [0.25, 0.3) is 0 Å². The van der Waals surface area contributed by atoms with Gasteiger partial charge in [0, 0.05) is 17.1 Å². The number of pyridine rings is 1. The summed E-state index contributed by atoms with van der Waals surface area (Å²) in [6, 6.07) is 5.67. The standard InChI is InChI=1S/C15H16N2O2S/c1-9-7-11(15(18)19)8-14(16-9)17-5-3-13-12(10(17)2)4-6-20-13/h4,6-8,10H,3,5H2,1-2H3,(H,18,19). The first-order chi connectivity index (χ1) is 9.56. The van der Waals surface area contributed by atoms with E-state index in [1.54, 1.807) is 23.5 Å². The summed E-state index contributed by atoms with van der Waals surface area (Å²) in [5, 5.41) is 11.3. The molecule has 5 heteroatoms. The van der Waals surface area contributed by atoms with E-state index in [4.69, 9.17) is 0 Å². The van der Waals surface area contributed by atoms with E-state index in [2.05, 4.69) is 28.3 Å². The molecule has 0 spiro atoms. The molecule has 1 unspecified atom stereocenters. The average molecular weight is 288 g/mol. The molecule has 0 bridgehead atoms. The molecular weight excluding hydrogens is 272 g/mol. The van der Waals surface area contributed by atoms with Crippen LogP contribution in [0.2, 0.25) is 0 Å².